The van der Waals surface area contributed by atoms with Gasteiger partial charge in [0.1, 0.15) is 0 Å². The van der Waals surface area contributed by atoms with E-state index in [9.17, 15) is 0 Å². The maximum Gasteiger partial charge on any atom is 0.157 e. The number of hydrogen-bond donors (Lipinski definition) is 0. The van der Waals surface area contributed by atoms with Crippen LogP contribution in [0.25, 0.3) is 22.2 Å². The molecule has 0 fully saturated rings. The van der Waals surface area contributed by atoms with Crippen LogP contribution in [0, 0.1) is 0 Å². The Morgan fingerprint density at radius 3 is 2.74 bits per heavy atom. The normalized spacial score (nSPS) is 11.0. The van der Waals surface area contributed by atoms with Gasteiger partial charge >= 0.3 is 0 Å². The SMILES string of the molecule is CCCCn1ncc2cc(-c3ccncc3)cnc21. The lowest BCUT2D eigenvalue weighted by Gasteiger charge is -2.03. The molecule has 4 heteroatoms. The molecule has 0 spiro atoms. The zero-order valence-corrected chi connectivity index (χ0v) is 11.0. The largest absolute Gasteiger partial charge is 0.265 e. The molecule has 0 aliphatic heterocycles. The van der Waals surface area contributed by atoms with Crippen LogP contribution in [-0.2, 0) is 6.54 Å². The smallest absolute Gasteiger partial charge is 0.157 e. The third kappa shape index (κ3) is 2.34. The summed E-state index contributed by atoms with van der Waals surface area (Å²) in [5, 5.41) is 5.50. The number of aryl methyl sites for hydroxylation is 1. The summed E-state index contributed by atoms with van der Waals surface area (Å²) >= 11 is 0. The maximum absolute atomic E-state index is 4.55. The lowest BCUT2D eigenvalue weighted by atomic mass is 10.1. The van der Waals surface area contributed by atoms with Crippen molar-refractivity contribution in [2.75, 3.05) is 0 Å². The van der Waals surface area contributed by atoms with Gasteiger partial charge in [-0.25, -0.2) is 9.67 Å². The molecular weight excluding hydrogens is 236 g/mol. The Balaban J connectivity index is 1.99. The molecule has 0 unspecified atom stereocenters. The third-order valence-corrected chi connectivity index (χ3v) is 3.21. The van der Waals surface area contributed by atoms with E-state index in [2.05, 4.69) is 28.1 Å². The number of unbranched alkanes of at least 4 members (excludes halogenated alkanes) is 1. The fourth-order valence-electron chi connectivity index (χ4n) is 2.15. The van der Waals surface area contributed by atoms with Gasteiger partial charge in [-0.1, -0.05) is 13.3 Å². The Bertz CT molecular complexity index is 673. The summed E-state index contributed by atoms with van der Waals surface area (Å²) in [5.41, 5.74) is 3.20. The van der Waals surface area contributed by atoms with Crippen LogP contribution < -0.4 is 0 Å². The Kier molecular flexibility index (Phi) is 3.23. The average molecular weight is 252 g/mol. The molecule has 3 aromatic rings. The zero-order chi connectivity index (χ0) is 13.1. The number of rotatable bonds is 4. The Morgan fingerprint density at radius 2 is 1.95 bits per heavy atom. The summed E-state index contributed by atoms with van der Waals surface area (Å²) in [6.45, 7) is 3.11. The number of hydrogen-bond acceptors (Lipinski definition) is 3. The van der Waals surface area contributed by atoms with Gasteiger partial charge in [-0.2, -0.15) is 5.10 Å². The van der Waals surface area contributed by atoms with Crippen LogP contribution in [0.3, 0.4) is 0 Å². The van der Waals surface area contributed by atoms with Crippen molar-refractivity contribution >= 4 is 11.0 Å². The molecule has 3 heterocycles. The lowest BCUT2D eigenvalue weighted by Crippen LogP contribution is -2.00. The molecule has 0 amide bonds. The second-order valence-corrected chi connectivity index (χ2v) is 4.59. The minimum Gasteiger partial charge on any atom is -0.265 e. The highest BCUT2D eigenvalue weighted by Crippen LogP contribution is 2.22. The number of nitrogens with zero attached hydrogens (tertiary/aromatic N) is 4. The van der Waals surface area contributed by atoms with Crippen molar-refractivity contribution in [3.05, 3.63) is 43.0 Å². The molecule has 19 heavy (non-hydrogen) atoms. The minimum absolute atomic E-state index is 0.932. The Labute approximate surface area is 112 Å². The summed E-state index contributed by atoms with van der Waals surface area (Å²) in [5.74, 6) is 0. The molecular formula is C15H16N4. The summed E-state index contributed by atoms with van der Waals surface area (Å²) < 4.78 is 1.98. The second-order valence-electron chi connectivity index (χ2n) is 4.59. The van der Waals surface area contributed by atoms with Gasteiger partial charge in [0.2, 0.25) is 0 Å². The van der Waals surface area contributed by atoms with E-state index in [1.165, 1.54) is 0 Å². The zero-order valence-electron chi connectivity index (χ0n) is 11.0. The van der Waals surface area contributed by atoms with E-state index in [1.54, 1.807) is 12.4 Å². The first-order chi connectivity index (χ1) is 9.38. The predicted octanol–water partition coefficient (Wildman–Crippen LogP) is 3.29. The van der Waals surface area contributed by atoms with Crippen LogP contribution in [0.4, 0.5) is 0 Å². The summed E-state index contributed by atoms with van der Waals surface area (Å²) in [6.07, 6.45) is 9.68. The minimum atomic E-state index is 0.932. The second kappa shape index (κ2) is 5.18. The van der Waals surface area contributed by atoms with Crippen molar-refractivity contribution in [1.29, 1.82) is 0 Å². The molecule has 96 valence electrons. The maximum atomic E-state index is 4.55. The molecule has 0 aromatic carbocycles. The fraction of sp³-hybridized carbons (Fsp3) is 0.267. The van der Waals surface area contributed by atoms with Crippen molar-refractivity contribution in [3.63, 3.8) is 0 Å². The van der Waals surface area contributed by atoms with E-state index in [-0.39, 0.29) is 0 Å². The van der Waals surface area contributed by atoms with Gasteiger partial charge in [0, 0.05) is 36.1 Å². The van der Waals surface area contributed by atoms with Crippen molar-refractivity contribution in [1.82, 2.24) is 19.7 Å². The van der Waals surface area contributed by atoms with E-state index in [0.29, 0.717) is 0 Å². The molecule has 0 saturated carbocycles. The Hall–Kier alpha value is -2.23. The van der Waals surface area contributed by atoms with Gasteiger partial charge in [0.15, 0.2) is 5.65 Å². The van der Waals surface area contributed by atoms with Gasteiger partial charge in [-0.15, -0.1) is 0 Å². The van der Waals surface area contributed by atoms with Crippen LogP contribution in [0.15, 0.2) is 43.0 Å². The average Bonchev–Trinajstić information content (AvgIpc) is 2.88. The highest BCUT2D eigenvalue weighted by Gasteiger charge is 2.05. The molecule has 0 atom stereocenters. The van der Waals surface area contributed by atoms with Crippen molar-refractivity contribution in [3.8, 4) is 11.1 Å². The van der Waals surface area contributed by atoms with E-state index in [0.717, 1.165) is 41.5 Å². The highest BCUT2D eigenvalue weighted by molar-refractivity contribution is 5.80. The predicted molar refractivity (Wildman–Crippen MR) is 75.7 cm³/mol. The van der Waals surface area contributed by atoms with E-state index in [1.807, 2.05) is 29.2 Å². The summed E-state index contributed by atoms with van der Waals surface area (Å²) in [7, 11) is 0. The van der Waals surface area contributed by atoms with Gasteiger partial charge in [-0.3, -0.25) is 4.98 Å². The topological polar surface area (TPSA) is 43.6 Å². The molecule has 0 N–H and O–H groups in total. The molecule has 0 aliphatic rings. The monoisotopic (exact) mass is 252 g/mol. The number of pyridine rings is 2. The molecule has 4 nitrogen and oxygen atoms in total. The fourth-order valence-corrected chi connectivity index (χ4v) is 2.15. The molecule has 0 saturated heterocycles. The first kappa shape index (κ1) is 11.8. The van der Waals surface area contributed by atoms with Crippen LogP contribution in [0.2, 0.25) is 0 Å². The Morgan fingerprint density at radius 1 is 1.11 bits per heavy atom. The molecule has 0 aliphatic carbocycles. The van der Waals surface area contributed by atoms with Gasteiger partial charge in [0.05, 0.1) is 6.20 Å². The molecule has 0 radical (unpaired) electrons. The van der Waals surface area contributed by atoms with Gasteiger partial charge < -0.3 is 0 Å². The van der Waals surface area contributed by atoms with Crippen molar-refractivity contribution in [2.45, 2.75) is 26.3 Å². The van der Waals surface area contributed by atoms with Crippen LogP contribution in [-0.4, -0.2) is 19.7 Å². The van der Waals surface area contributed by atoms with E-state index >= 15 is 0 Å². The molecule has 0 bridgehead atoms. The van der Waals surface area contributed by atoms with Gasteiger partial charge in [-0.05, 0) is 30.2 Å². The van der Waals surface area contributed by atoms with E-state index < -0.39 is 0 Å². The van der Waals surface area contributed by atoms with Crippen molar-refractivity contribution in [2.24, 2.45) is 0 Å². The molecule has 3 aromatic heterocycles. The lowest BCUT2D eigenvalue weighted by molar-refractivity contribution is 0.584. The summed E-state index contributed by atoms with van der Waals surface area (Å²) in [4.78, 5) is 8.58. The van der Waals surface area contributed by atoms with Crippen LogP contribution >= 0.6 is 0 Å². The van der Waals surface area contributed by atoms with Crippen molar-refractivity contribution < 1.29 is 0 Å². The first-order valence-electron chi connectivity index (χ1n) is 6.60. The quantitative estimate of drug-likeness (QED) is 0.715. The van der Waals surface area contributed by atoms with Gasteiger partial charge in [0.25, 0.3) is 0 Å². The van der Waals surface area contributed by atoms with Crippen LogP contribution in [0.5, 0.6) is 0 Å². The summed E-state index contributed by atoms with van der Waals surface area (Å²) in [6, 6.07) is 6.11. The molecule has 3 rings (SSSR count). The third-order valence-electron chi connectivity index (χ3n) is 3.21. The number of aromatic nitrogens is 4. The first-order valence-corrected chi connectivity index (χ1v) is 6.60. The number of fused-ring (bicyclic) bond motifs is 1. The van der Waals surface area contributed by atoms with Crippen LogP contribution in [0.1, 0.15) is 19.8 Å². The highest BCUT2D eigenvalue weighted by atomic mass is 15.3. The standard InChI is InChI=1S/C15H16N4/c1-2-3-8-19-15-14(11-18-19)9-13(10-17-15)12-4-6-16-7-5-12/h4-7,9-11H,2-3,8H2,1H3. The van der Waals surface area contributed by atoms with E-state index in [4.69, 9.17) is 0 Å².